The number of nitrogens with zero attached hydrogens (tertiary/aromatic N) is 2. The highest BCUT2D eigenvalue weighted by molar-refractivity contribution is 5.43. The Morgan fingerprint density at radius 3 is 2.57 bits per heavy atom. The standard InChI is InChI=1S/C16H23N3O2/c1-12(17-11-14-7-8-18-19(14)2)9-13-5-6-15(20-3)16(10-13)21-4/h5-8,10,12,17H,9,11H2,1-4H3. The Kier molecular flexibility index (Phi) is 5.22. The summed E-state index contributed by atoms with van der Waals surface area (Å²) in [5, 5.41) is 7.67. The second kappa shape index (κ2) is 7.13. The minimum atomic E-state index is 0.359. The lowest BCUT2D eigenvalue weighted by Gasteiger charge is -2.15. The van der Waals surface area contributed by atoms with Gasteiger partial charge in [-0.25, -0.2) is 0 Å². The molecular weight excluding hydrogens is 266 g/mol. The van der Waals surface area contributed by atoms with E-state index >= 15 is 0 Å². The zero-order valence-electron chi connectivity index (χ0n) is 13.1. The van der Waals surface area contributed by atoms with Gasteiger partial charge in [0.05, 0.1) is 19.9 Å². The number of aromatic nitrogens is 2. The molecule has 5 heteroatoms. The summed E-state index contributed by atoms with van der Waals surface area (Å²) in [5.41, 5.74) is 2.40. The number of ether oxygens (including phenoxy) is 2. The maximum Gasteiger partial charge on any atom is 0.160 e. The Labute approximate surface area is 125 Å². The van der Waals surface area contributed by atoms with Crippen molar-refractivity contribution in [1.82, 2.24) is 15.1 Å². The molecule has 0 fully saturated rings. The van der Waals surface area contributed by atoms with Crippen molar-refractivity contribution in [2.45, 2.75) is 25.9 Å². The first-order chi connectivity index (χ1) is 10.1. The van der Waals surface area contributed by atoms with E-state index < -0.39 is 0 Å². The van der Waals surface area contributed by atoms with Gasteiger partial charge in [-0.05, 0) is 37.1 Å². The summed E-state index contributed by atoms with van der Waals surface area (Å²) in [6, 6.07) is 8.43. The van der Waals surface area contributed by atoms with Gasteiger partial charge < -0.3 is 14.8 Å². The third kappa shape index (κ3) is 3.98. The van der Waals surface area contributed by atoms with Gasteiger partial charge in [-0.1, -0.05) is 6.07 Å². The van der Waals surface area contributed by atoms with Crippen molar-refractivity contribution in [1.29, 1.82) is 0 Å². The maximum absolute atomic E-state index is 5.34. The third-order valence-corrected chi connectivity index (χ3v) is 3.54. The number of aryl methyl sites for hydroxylation is 1. The molecule has 0 aliphatic carbocycles. The average Bonchev–Trinajstić information content (AvgIpc) is 2.90. The van der Waals surface area contributed by atoms with Crippen molar-refractivity contribution in [2.24, 2.45) is 7.05 Å². The quantitative estimate of drug-likeness (QED) is 0.848. The van der Waals surface area contributed by atoms with Crippen LogP contribution in [0.15, 0.2) is 30.5 Å². The second-order valence-corrected chi connectivity index (χ2v) is 5.12. The molecule has 2 rings (SSSR count). The summed E-state index contributed by atoms with van der Waals surface area (Å²) in [5.74, 6) is 1.53. The first-order valence-corrected chi connectivity index (χ1v) is 7.05. The molecule has 1 aromatic carbocycles. The molecule has 5 nitrogen and oxygen atoms in total. The predicted molar refractivity (Wildman–Crippen MR) is 82.8 cm³/mol. The molecule has 0 amide bonds. The summed E-state index contributed by atoms with van der Waals surface area (Å²) in [4.78, 5) is 0. The molecule has 0 saturated heterocycles. The van der Waals surface area contributed by atoms with Crippen molar-refractivity contribution in [3.8, 4) is 11.5 Å². The van der Waals surface area contributed by atoms with Gasteiger partial charge >= 0.3 is 0 Å². The van der Waals surface area contributed by atoms with Gasteiger partial charge in [-0.2, -0.15) is 5.10 Å². The Bertz CT molecular complexity index is 581. The normalized spacial score (nSPS) is 12.2. The molecule has 2 aromatic rings. The van der Waals surface area contributed by atoms with Crippen LogP contribution in [0.3, 0.4) is 0 Å². The van der Waals surface area contributed by atoms with E-state index in [0.29, 0.717) is 6.04 Å². The van der Waals surface area contributed by atoms with Crippen LogP contribution in [0.1, 0.15) is 18.2 Å². The highest BCUT2D eigenvalue weighted by atomic mass is 16.5. The highest BCUT2D eigenvalue weighted by Crippen LogP contribution is 2.27. The summed E-state index contributed by atoms with van der Waals surface area (Å²) >= 11 is 0. The van der Waals surface area contributed by atoms with Gasteiger partial charge in [-0.3, -0.25) is 4.68 Å². The van der Waals surface area contributed by atoms with E-state index in [1.807, 2.05) is 36.1 Å². The van der Waals surface area contributed by atoms with Crippen LogP contribution >= 0.6 is 0 Å². The molecular formula is C16H23N3O2. The first kappa shape index (κ1) is 15.4. The van der Waals surface area contributed by atoms with E-state index in [9.17, 15) is 0 Å². The van der Waals surface area contributed by atoms with Crippen LogP contribution < -0.4 is 14.8 Å². The van der Waals surface area contributed by atoms with Crippen molar-refractivity contribution < 1.29 is 9.47 Å². The van der Waals surface area contributed by atoms with E-state index in [0.717, 1.165) is 24.5 Å². The number of hydrogen-bond donors (Lipinski definition) is 1. The lowest BCUT2D eigenvalue weighted by atomic mass is 10.1. The van der Waals surface area contributed by atoms with Crippen molar-refractivity contribution >= 4 is 0 Å². The Balaban J connectivity index is 1.93. The molecule has 0 aliphatic rings. The molecule has 1 atom stereocenters. The van der Waals surface area contributed by atoms with Crippen LogP contribution in [0.2, 0.25) is 0 Å². The fourth-order valence-electron chi connectivity index (χ4n) is 2.29. The van der Waals surface area contributed by atoms with E-state index in [2.05, 4.69) is 23.4 Å². The molecule has 21 heavy (non-hydrogen) atoms. The van der Waals surface area contributed by atoms with E-state index in [1.165, 1.54) is 11.3 Å². The monoisotopic (exact) mass is 289 g/mol. The fourth-order valence-corrected chi connectivity index (χ4v) is 2.29. The first-order valence-electron chi connectivity index (χ1n) is 7.05. The molecule has 114 valence electrons. The number of rotatable bonds is 7. The lowest BCUT2D eigenvalue weighted by Crippen LogP contribution is -2.28. The number of methoxy groups -OCH3 is 2. The third-order valence-electron chi connectivity index (χ3n) is 3.54. The van der Waals surface area contributed by atoms with Gasteiger partial charge in [-0.15, -0.1) is 0 Å². The van der Waals surface area contributed by atoms with Crippen LogP contribution in [-0.2, 0) is 20.0 Å². The molecule has 0 spiro atoms. The zero-order chi connectivity index (χ0) is 15.2. The summed E-state index contributed by atoms with van der Waals surface area (Å²) in [6.07, 6.45) is 2.74. The molecule has 0 saturated carbocycles. The van der Waals surface area contributed by atoms with Crippen molar-refractivity contribution in [3.63, 3.8) is 0 Å². The van der Waals surface area contributed by atoms with E-state index in [-0.39, 0.29) is 0 Å². The molecule has 0 aliphatic heterocycles. The van der Waals surface area contributed by atoms with E-state index in [4.69, 9.17) is 9.47 Å². The maximum atomic E-state index is 5.34. The summed E-state index contributed by atoms with van der Waals surface area (Å²) in [6.45, 7) is 2.98. The number of hydrogen-bond acceptors (Lipinski definition) is 4. The minimum Gasteiger partial charge on any atom is -0.493 e. The largest absolute Gasteiger partial charge is 0.493 e. The van der Waals surface area contributed by atoms with Crippen LogP contribution in [0, 0.1) is 0 Å². The molecule has 1 unspecified atom stereocenters. The van der Waals surface area contributed by atoms with Gasteiger partial charge in [0.15, 0.2) is 11.5 Å². The fraction of sp³-hybridized carbons (Fsp3) is 0.438. The number of benzene rings is 1. The van der Waals surface area contributed by atoms with Crippen LogP contribution in [-0.4, -0.2) is 30.0 Å². The van der Waals surface area contributed by atoms with Gasteiger partial charge in [0.25, 0.3) is 0 Å². The Morgan fingerprint density at radius 1 is 1.19 bits per heavy atom. The topological polar surface area (TPSA) is 48.3 Å². The van der Waals surface area contributed by atoms with Gasteiger partial charge in [0.1, 0.15) is 0 Å². The Morgan fingerprint density at radius 2 is 1.95 bits per heavy atom. The summed E-state index contributed by atoms with van der Waals surface area (Å²) in [7, 11) is 5.26. The highest BCUT2D eigenvalue weighted by Gasteiger charge is 2.08. The van der Waals surface area contributed by atoms with E-state index in [1.54, 1.807) is 14.2 Å². The molecule has 0 bridgehead atoms. The lowest BCUT2D eigenvalue weighted by molar-refractivity contribution is 0.354. The summed E-state index contributed by atoms with van der Waals surface area (Å²) < 4.78 is 12.5. The smallest absolute Gasteiger partial charge is 0.160 e. The molecule has 1 aromatic heterocycles. The van der Waals surface area contributed by atoms with Crippen LogP contribution in [0.5, 0.6) is 11.5 Å². The number of nitrogens with one attached hydrogen (secondary N) is 1. The minimum absolute atomic E-state index is 0.359. The van der Waals surface area contributed by atoms with Crippen molar-refractivity contribution in [2.75, 3.05) is 14.2 Å². The average molecular weight is 289 g/mol. The van der Waals surface area contributed by atoms with Crippen LogP contribution in [0.4, 0.5) is 0 Å². The SMILES string of the molecule is COc1ccc(CC(C)NCc2ccnn2C)cc1OC. The second-order valence-electron chi connectivity index (χ2n) is 5.12. The Hall–Kier alpha value is -2.01. The molecule has 0 radical (unpaired) electrons. The molecule has 1 N–H and O–H groups in total. The zero-order valence-corrected chi connectivity index (χ0v) is 13.1. The van der Waals surface area contributed by atoms with Crippen molar-refractivity contribution in [3.05, 3.63) is 41.7 Å². The van der Waals surface area contributed by atoms with Gasteiger partial charge in [0.2, 0.25) is 0 Å². The van der Waals surface area contributed by atoms with Crippen LogP contribution in [0.25, 0.3) is 0 Å². The predicted octanol–water partition coefficient (Wildman–Crippen LogP) is 2.16. The molecule has 1 heterocycles. The van der Waals surface area contributed by atoms with Gasteiger partial charge in [0, 0.05) is 25.8 Å².